The lowest BCUT2D eigenvalue weighted by Gasteiger charge is -2.26. The highest BCUT2D eigenvalue weighted by molar-refractivity contribution is 5.84. The first-order chi connectivity index (χ1) is 9.88. The van der Waals surface area contributed by atoms with Crippen LogP contribution in [0.25, 0.3) is 17.2 Å². The molecule has 3 rings (SSSR count). The Labute approximate surface area is 128 Å². The fourth-order valence-corrected chi connectivity index (χ4v) is 3.52. The van der Waals surface area contributed by atoms with Gasteiger partial charge in [-0.1, -0.05) is 68.8 Å². The minimum Gasteiger partial charge on any atom is -0.0683 e. The molecule has 0 nitrogen and oxygen atoms in total. The molecule has 21 heavy (non-hydrogen) atoms. The summed E-state index contributed by atoms with van der Waals surface area (Å²) in [5.41, 5.74) is 10.2. The van der Waals surface area contributed by atoms with Crippen molar-refractivity contribution < 1.29 is 0 Å². The van der Waals surface area contributed by atoms with Gasteiger partial charge in [0.05, 0.1) is 0 Å². The van der Waals surface area contributed by atoms with Crippen molar-refractivity contribution in [2.24, 2.45) is 0 Å². The van der Waals surface area contributed by atoms with Crippen LogP contribution in [0.5, 0.6) is 0 Å². The Kier molecular flexibility index (Phi) is 3.28. The quantitative estimate of drug-likeness (QED) is 0.606. The lowest BCUT2D eigenvalue weighted by atomic mass is 9.79. The standard InChI is InChI=1S/C21H24/c1-14-11-17-13-19(21(3,4)5)15(2)20(18(17)12-14)16-9-7-6-8-10-16/h6-10,12-13H,11H2,1-5H3. The number of rotatable bonds is 1. The molecule has 0 heteroatoms. The van der Waals surface area contributed by atoms with Gasteiger partial charge in [0.1, 0.15) is 0 Å². The first-order valence-electron chi connectivity index (χ1n) is 7.77. The highest BCUT2D eigenvalue weighted by Gasteiger charge is 2.24. The predicted molar refractivity (Wildman–Crippen MR) is 92.7 cm³/mol. The summed E-state index contributed by atoms with van der Waals surface area (Å²) in [6, 6.07) is 13.3. The average molecular weight is 276 g/mol. The summed E-state index contributed by atoms with van der Waals surface area (Å²) in [7, 11) is 0. The zero-order valence-corrected chi connectivity index (χ0v) is 13.7. The topological polar surface area (TPSA) is 0 Å². The van der Waals surface area contributed by atoms with Crippen molar-refractivity contribution in [2.75, 3.05) is 0 Å². The van der Waals surface area contributed by atoms with E-state index in [1.54, 1.807) is 0 Å². The monoisotopic (exact) mass is 276 g/mol. The number of benzene rings is 2. The molecular weight excluding hydrogens is 252 g/mol. The van der Waals surface area contributed by atoms with Crippen LogP contribution in [0.2, 0.25) is 0 Å². The molecule has 0 saturated carbocycles. The highest BCUT2D eigenvalue weighted by Crippen LogP contribution is 2.41. The van der Waals surface area contributed by atoms with Crippen LogP contribution in [-0.2, 0) is 11.8 Å². The molecule has 0 unspecified atom stereocenters. The zero-order chi connectivity index (χ0) is 15.2. The maximum absolute atomic E-state index is 2.43. The molecule has 1 aliphatic rings. The van der Waals surface area contributed by atoms with Crippen molar-refractivity contribution in [3.63, 3.8) is 0 Å². The van der Waals surface area contributed by atoms with Crippen LogP contribution < -0.4 is 0 Å². The van der Waals surface area contributed by atoms with E-state index in [0.717, 1.165) is 6.42 Å². The third-order valence-corrected chi connectivity index (χ3v) is 4.44. The Morgan fingerprint density at radius 1 is 0.952 bits per heavy atom. The molecule has 0 radical (unpaired) electrons. The van der Waals surface area contributed by atoms with Crippen molar-refractivity contribution in [1.82, 2.24) is 0 Å². The largest absolute Gasteiger partial charge is 0.0683 e. The lowest BCUT2D eigenvalue weighted by Crippen LogP contribution is -2.15. The van der Waals surface area contributed by atoms with E-state index in [2.05, 4.69) is 77.1 Å². The molecule has 0 aromatic heterocycles. The van der Waals surface area contributed by atoms with Crippen LogP contribution in [0.3, 0.4) is 0 Å². The van der Waals surface area contributed by atoms with Crippen LogP contribution in [0, 0.1) is 6.92 Å². The first kappa shape index (κ1) is 14.1. The van der Waals surface area contributed by atoms with Gasteiger partial charge in [0.2, 0.25) is 0 Å². The third kappa shape index (κ3) is 2.44. The minimum atomic E-state index is 0.180. The van der Waals surface area contributed by atoms with Crippen molar-refractivity contribution in [1.29, 1.82) is 0 Å². The van der Waals surface area contributed by atoms with Crippen molar-refractivity contribution in [3.05, 3.63) is 64.2 Å². The van der Waals surface area contributed by atoms with Crippen LogP contribution in [0.15, 0.2) is 42.0 Å². The summed E-state index contributed by atoms with van der Waals surface area (Å²) in [6.45, 7) is 11.5. The molecule has 1 aliphatic carbocycles. The van der Waals surface area contributed by atoms with Gasteiger partial charge in [-0.2, -0.15) is 0 Å². The van der Waals surface area contributed by atoms with E-state index in [-0.39, 0.29) is 5.41 Å². The number of fused-ring (bicyclic) bond motifs is 1. The van der Waals surface area contributed by atoms with E-state index in [1.807, 2.05) is 0 Å². The normalized spacial score (nSPS) is 14.0. The smallest absolute Gasteiger partial charge is 0.00603 e. The Bertz CT molecular complexity index is 710. The molecule has 0 atom stereocenters. The number of hydrogen-bond donors (Lipinski definition) is 0. The Hall–Kier alpha value is -1.82. The summed E-state index contributed by atoms with van der Waals surface area (Å²) in [5.74, 6) is 0. The minimum absolute atomic E-state index is 0.180. The second-order valence-electron chi connectivity index (χ2n) is 7.28. The van der Waals surface area contributed by atoms with Gasteiger partial charge in [-0.05, 0) is 59.1 Å². The molecule has 0 aliphatic heterocycles. The summed E-state index contributed by atoms with van der Waals surface area (Å²) < 4.78 is 0. The van der Waals surface area contributed by atoms with Crippen LogP contribution in [-0.4, -0.2) is 0 Å². The van der Waals surface area contributed by atoms with Crippen molar-refractivity contribution in [3.8, 4) is 11.1 Å². The van der Waals surface area contributed by atoms with Gasteiger partial charge in [-0.15, -0.1) is 0 Å². The number of hydrogen-bond acceptors (Lipinski definition) is 0. The van der Waals surface area contributed by atoms with Crippen molar-refractivity contribution in [2.45, 2.75) is 46.5 Å². The van der Waals surface area contributed by atoms with Gasteiger partial charge < -0.3 is 0 Å². The molecule has 0 heterocycles. The van der Waals surface area contributed by atoms with Crippen molar-refractivity contribution >= 4 is 6.08 Å². The van der Waals surface area contributed by atoms with E-state index >= 15 is 0 Å². The molecule has 0 amide bonds. The summed E-state index contributed by atoms with van der Waals surface area (Å²) in [5, 5.41) is 0. The second kappa shape index (κ2) is 4.87. The van der Waals surface area contributed by atoms with Gasteiger partial charge in [0.15, 0.2) is 0 Å². The molecule has 2 aromatic carbocycles. The predicted octanol–water partition coefficient (Wildman–Crippen LogP) is 5.92. The Morgan fingerprint density at radius 2 is 1.62 bits per heavy atom. The van der Waals surface area contributed by atoms with E-state index < -0.39 is 0 Å². The highest BCUT2D eigenvalue weighted by atomic mass is 14.3. The van der Waals surface area contributed by atoms with Crippen LogP contribution >= 0.6 is 0 Å². The molecular formula is C21H24. The molecule has 0 bridgehead atoms. The molecule has 0 saturated heterocycles. The number of allylic oxidation sites excluding steroid dienone is 1. The van der Waals surface area contributed by atoms with E-state index in [1.165, 1.54) is 39.0 Å². The van der Waals surface area contributed by atoms with Gasteiger partial charge >= 0.3 is 0 Å². The van der Waals surface area contributed by atoms with E-state index in [9.17, 15) is 0 Å². The first-order valence-corrected chi connectivity index (χ1v) is 7.77. The average Bonchev–Trinajstić information content (AvgIpc) is 2.78. The molecule has 0 fully saturated rings. The summed E-state index contributed by atoms with van der Waals surface area (Å²) >= 11 is 0. The Balaban J connectivity index is 2.34. The molecule has 0 N–H and O–H groups in total. The maximum atomic E-state index is 2.43. The Morgan fingerprint density at radius 3 is 2.24 bits per heavy atom. The maximum Gasteiger partial charge on any atom is -0.00603 e. The fraction of sp³-hybridized carbons (Fsp3) is 0.333. The summed E-state index contributed by atoms with van der Waals surface area (Å²) in [6.07, 6.45) is 3.47. The van der Waals surface area contributed by atoms with Crippen LogP contribution in [0.1, 0.15) is 49.9 Å². The van der Waals surface area contributed by atoms with Gasteiger partial charge in [0, 0.05) is 0 Å². The molecule has 0 spiro atoms. The van der Waals surface area contributed by atoms with E-state index in [0.29, 0.717) is 0 Å². The fourth-order valence-electron chi connectivity index (χ4n) is 3.52. The van der Waals surface area contributed by atoms with Gasteiger partial charge in [-0.3, -0.25) is 0 Å². The second-order valence-corrected chi connectivity index (χ2v) is 7.28. The lowest BCUT2D eigenvalue weighted by molar-refractivity contribution is 0.585. The van der Waals surface area contributed by atoms with Crippen LogP contribution in [0.4, 0.5) is 0 Å². The zero-order valence-electron chi connectivity index (χ0n) is 13.7. The SMILES string of the molecule is CC1=Cc2c(cc(C(C)(C)C)c(C)c2-c2ccccc2)C1. The molecule has 2 aromatic rings. The summed E-state index contributed by atoms with van der Waals surface area (Å²) in [4.78, 5) is 0. The third-order valence-electron chi connectivity index (χ3n) is 4.44. The van der Waals surface area contributed by atoms with Gasteiger partial charge in [0.25, 0.3) is 0 Å². The van der Waals surface area contributed by atoms with E-state index in [4.69, 9.17) is 0 Å². The molecule has 108 valence electrons. The van der Waals surface area contributed by atoms with Gasteiger partial charge in [-0.25, -0.2) is 0 Å².